The highest BCUT2D eigenvalue weighted by Crippen LogP contribution is 2.49. The van der Waals surface area contributed by atoms with Crippen molar-refractivity contribution in [2.75, 3.05) is 44.2 Å². The molecule has 242 valence electrons. The summed E-state index contributed by atoms with van der Waals surface area (Å²) in [5.74, 6) is -0.337. The van der Waals surface area contributed by atoms with E-state index in [9.17, 15) is 19.5 Å². The minimum atomic E-state index is -0.501. The lowest BCUT2D eigenvalue weighted by molar-refractivity contribution is -0.426. The SMILES string of the molecule is CCN(CC)C(=O)CN1/C(=C/C2=C(O)C(=C\C3=[N+](CC(=O)N(CC)CC)c4ccccc4C3(C)C)/C2=O)C(C)(C)c2ccccc21. The second-order valence-corrected chi connectivity index (χ2v) is 13.2. The highest BCUT2D eigenvalue weighted by molar-refractivity contribution is 6.24. The van der Waals surface area contributed by atoms with E-state index in [2.05, 4.69) is 39.8 Å². The second kappa shape index (κ2) is 12.4. The lowest BCUT2D eigenvalue weighted by atomic mass is 9.77. The van der Waals surface area contributed by atoms with E-state index in [1.807, 2.05) is 73.6 Å². The van der Waals surface area contributed by atoms with Crippen LogP contribution in [0.4, 0.5) is 11.4 Å². The molecule has 0 atom stereocenters. The number of likely N-dealkylation sites (N-methyl/N-ethyl adjacent to an activating group) is 2. The van der Waals surface area contributed by atoms with E-state index in [-0.39, 0.29) is 47.6 Å². The van der Waals surface area contributed by atoms with Crippen LogP contribution < -0.4 is 4.90 Å². The molecule has 0 saturated carbocycles. The molecule has 0 saturated heterocycles. The standard InChI is InChI=1S/C38H46N4O4/c1-9-39(10-2)33(43)23-41-29-19-15-13-17-27(29)37(5,6)31(41)21-25-35(45)26(36(25)46)22-32-38(7,8)28-18-14-16-20-30(28)42(32)24-34(44)40(11-3)12-4/h13-22H,9-12,23-24H2,1-8H3/p+1. The highest BCUT2D eigenvalue weighted by atomic mass is 16.3. The number of rotatable bonds is 10. The summed E-state index contributed by atoms with van der Waals surface area (Å²) in [6.45, 7) is 18.9. The van der Waals surface area contributed by atoms with E-state index in [0.29, 0.717) is 26.2 Å². The van der Waals surface area contributed by atoms with Crippen molar-refractivity contribution >= 4 is 34.7 Å². The largest absolute Gasteiger partial charge is 0.506 e. The summed E-state index contributed by atoms with van der Waals surface area (Å²) in [6.07, 6.45) is 3.51. The van der Waals surface area contributed by atoms with Gasteiger partial charge < -0.3 is 19.8 Å². The van der Waals surface area contributed by atoms with Crippen molar-refractivity contribution in [3.8, 4) is 0 Å². The van der Waals surface area contributed by atoms with Crippen molar-refractivity contribution in [2.24, 2.45) is 0 Å². The zero-order valence-corrected chi connectivity index (χ0v) is 28.5. The molecule has 0 fully saturated rings. The fraction of sp³-hybridized carbons (Fsp3) is 0.421. The Morgan fingerprint density at radius 3 is 1.98 bits per heavy atom. The summed E-state index contributed by atoms with van der Waals surface area (Å²) < 4.78 is 1.98. The molecular weight excluding hydrogens is 576 g/mol. The molecule has 3 aliphatic rings. The van der Waals surface area contributed by atoms with Crippen LogP contribution in [0.3, 0.4) is 0 Å². The number of ketones is 1. The molecule has 0 bridgehead atoms. The predicted octanol–water partition coefficient (Wildman–Crippen LogP) is 5.80. The van der Waals surface area contributed by atoms with Crippen molar-refractivity contribution in [1.82, 2.24) is 9.80 Å². The van der Waals surface area contributed by atoms with Gasteiger partial charge in [-0.1, -0.05) is 50.2 Å². The third kappa shape index (κ3) is 5.27. The Morgan fingerprint density at radius 1 is 0.804 bits per heavy atom. The minimum absolute atomic E-state index is 0.000839. The zero-order chi connectivity index (χ0) is 33.6. The van der Waals surface area contributed by atoms with Crippen molar-refractivity contribution in [3.05, 3.63) is 94.4 Å². The summed E-state index contributed by atoms with van der Waals surface area (Å²) in [5, 5.41) is 11.4. The zero-order valence-electron chi connectivity index (χ0n) is 28.5. The van der Waals surface area contributed by atoms with Gasteiger partial charge in [0.15, 0.2) is 5.71 Å². The fourth-order valence-corrected chi connectivity index (χ4v) is 7.15. The first kappa shape index (κ1) is 32.9. The Hall–Kier alpha value is -4.46. The van der Waals surface area contributed by atoms with Crippen molar-refractivity contribution in [2.45, 2.75) is 66.2 Å². The van der Waals surface area contributed by atoms with Gasteiger partial charge in [-0.2, -0.15) is 4.58 Å². The number of hydrogen-bond acceptors (Lipinski definition) is 5. The van der Waals surface area contributed by atoms with Gasteiger partial charge in [-0.15, -0.1) is 0 Å². The molecular formula is C38H47N4O4+. The lowest BCUT2D eigenvalue weighted by Crippen LogP contribution is -2.40. The first-order valence-electron chi connectivity index (χ1n) is 16.4. The topological polar surface area (TPSA) is 84.2 Å². The third-order valence-corrected chi connectivity index (χ3v) is 9.98. The van der Waals surface area contributed by atoms with Gasteiger partial charge in [0.1, 0.15) is 12.3 Å². The Balaban J connectivity index is 1.58. The number of hydrogen-bond donors (Lipinski definition) is 1. The summed E-state index contributed by atoms with van der Waals surface area (Å²) in [7, 11) is 0. The number of nitrogens with zero attached hydrogens (tertiary/aromatic N) is 4. The molecule has 1 aliphatic carbocycles. The van der Waals surface area contributed by atoms with Crippen molar-refractivity contribution < 1.29 is 24.1 Å². The van der Waals surface area contributed by atoms with Crippen LogP contribution in [0.2, 0.25) is 0 Å². The predicted molar refractivity (Wildman–Crippen MR) is 183 cm³/mol. The molecule has 8 nitrogen and oxygen atoms in total. The van der Waals surface area contributed by atoms with Gasteiger partial charge in [0.05, 0.1) is 16.6 Å². The molecule has 2 aromatic carbocycles. The first-order valence-corrected chi connectivity index (χ1v) is 16.4. The molecule has 5 rings (SSSR count). The van der Waals surface area contributed by atoms with Crippen LogP contribution in [0, 0.1) is 0 Å². The number of benzene rings is 2. The number of fused-ring (bicyclic) bond motifs is 2. The van der Waals surface area contributed by atoms with Crippen LogP contribution in [0.15, 0.2) is 83.3 Å². The number of anilines is 1. The number of carbonyl (C=O) groups is 3. The van der Waals surface area contributed by atoms with Crippen molar-refractivity contribution in [1.29, 1.82) is 0 Å². The van der Waals surface area contributed by atoms with E-state index in [4.69, 9.17) is 0 Å². The van der Waals surface area contributed by atoms with Crippen LogP contribution in [-0.4, -0.2) is 82.1 Å². The maximum atomic E-state index is 13.8. The van der Waals surface area contributed by atoms with Gasteiger partial charge in [-0.05, 0) is 59.2 Å². The van der Waals surface area contributed by atoms with E-state index >= 15 is 0 Å². The van der Waals surface area contributed by atoms with Crippen LogP contribution in [-0.2, 0) is 25.2 Å². The quantitative estimate of drug-likeness (QED) is 0.267. The molecule has 0 radical (unpaired) electrons. The number of amides is 2. The van der Waals surface area contributed by atoms with Gasteiger partial charge in [0.2, 0.25) is 23.9 Å². The average Bonchev–Trinajstić information content (AvgIpc) is 3.38. The molecule has 2 heterocycles. The number of carbonyl (C=O) groups excluding carboxylic acids is 3. The number of aliphatic hydroxyl groups excluding tert-OH is 1. The van der Waals surface area contributed by atoms with Crippen LogP contribution >= 0.6 is 0 Å². The highest BCUT2D eigenvalue weighted by Gasteiger charge is 2.48. The van der Waals surface area contributed by atoms with Crippen LogP contribution in [0.25, 0.3) is 0 Å². The smallest absolute Gasteiger partial charge is 0.288 e. The molecule has 46 heavy (non-hydrogen) atoms. The van der Waals surface area contributed by atoms with Crippen LogP contribution in [0.1, 0.15) is 66.5 Å². The average molecular weight is 624 g/mol. The molecule has 0 spiro atoms. The van der Waals surface area contributed by atoms with Gasteiger partial charge in [-0.25, -0.2) is 0 Å². The molecule has 1 N–H and O–H groups in total. The van der Waals surface area contributed by atoms with Gasteiger partial charge in [-0.3, -0.25) is 14.4 Å². The van der Waals surface area contributed by atoms with E-state index < -0.39 is 10.8 Å². The number of allylic oxidation sites excluding steroid dienone is 5. The Morgan fingerprint density at radius 2 is 1.37 bits per heavy atom. The lowest BCUT2D eigenvalue weighted by Gasteiger charge is -2.30. The van der Waals surface area contributed by atoms with Gasteiger partial charge in [0, 0.05) is 60.7 Å². The molecule has 8 heteroatoms. The number of aliphatic hydroxyl groups is 1. The first-order chi connectivity index (χ1) is 21.8. The summed E-state index contributed by atoms with van der Waals surface area (Å²) in [5.41, 5.74) is 5.00. The Labute approximate surface area is 273 Å². The minimum Gasteiger partial charge on any atom is -0.506 e. The summed E-state index contributed by atoms with van der Waals surface area (Å²) in [4.78, 5) is 46.0. The van der Waals surface area contributed by atoms with E-state index in [0.717, 1.165) is 33.9 Å². The van der Waals surface area contributed by atoms with E-state index in [1.165, 1.54) is 0 Å². The molecule has 2 aliphatic heterocycles. The molecule has 0 aromatic heterocycles. The maximum absolute atomic E-state index is 13.8. The summed E-state index contributed by atoms with van der Waals surface area (Å²) in [6, 6.07) is 16.0. The van der Waals surface area contributed by atoms with Gasteiger partial charge in [0.25, 0.3) is 5.91 Å². The van der Waals surface area contributed by atoms with Crippen LogP contribution in [0.5, 0.6) is 0 Å². The molecule has 0 unspecified atom stereocenters. The summed E-state index contributed by atoms with van der Waals surface area (Å²) >= 11 is 0. The van der Waals surface area contributed by atoms with Gasteiger partial charge >= 0.3 is 0 Å². The van der Waals surface area contributed by atoms with Crippen molar-refractivity contribution in [3.63, 3.8) is 0 Å². The maximum Gasteiger partial charge on any atom is 0.288 e. The third-order valence-electron chi connectivity index (χ3n) is 9.98. The number of Topliss-reactive ketones (excluding diaryl/α,β-unsaturated/α-hetero) is 1. The van der Waals surface area contributed by atoms with E-state index in [1.54, 1.807) is 22.0 Å². The molecule has 2 amide bonds. The molecule has 2 aromatic rings. The Kier molecular flexibility index (Phi) is 8.86. The Bertz CT molecular complexity index is 1720. The fourth-order valence-electron chi connectivity index (χ4n) is 7.15. The normalized spacial score (nSPS) is 19.5. The second-order valence-electron chi connectivity index (χ2n) is 13.2. The number of para-hydroxylation sites is 2. The monoisotopic (exact) mass is 623 g/mol.